The summed E-state index contributed by atoms with van der Waals surface area (Å²) in [5, 5.41) is 9.44. The SMILES string of the molecule is CCCCC1CCC(=O)C1CC(=O)OC(O)CCC. The molecule has 0 spiro atoms. The highest BCUT2D eigenvalue weighted by Gasteiger charge is 2.36. The van der Waals surface area contributed by atoms with E-state index in [1.165, 1.54) is 0 Å². The van der Waals surface area contributed by atoms with Crippen molar-refractivity contribution in [3.63, 3.8) is 0 Å². The number of unbranched alkanes of at least 4 members (excludes halogenated alkanes) is 1. The molecule has 0 saturated heterocycles. The molecule has 0 aromatic heterocycles. The van der Waals surface area contributed by atoms with Gasteiger partial charge in [0.2, 0.25) is 6.29 Å². The van der Waals surface area contributed by atoms with Crippen molar-refractivity contribution in [3.05, 3.63) is 0 Å². The Morgan fingerprint density at radius 2 is 2.16 bits per heavy atom. The van der Waals surface area contributed by atoms with Crippen LogP contribution in [0, 0.1) is 11.8 Å². The van der Waals surface area contributed by atoms with Crippen molar-refractivity contribution in [2.75, 3.05) is 0 Å². The fraction of sp³-hybridized carbons (Fsp3) is 0.867. The number of aliphatic hydroxyl groups is 1. The number of carbonyl (C=O) groups is 2. The second-order valence-corrected chi connectivity index (χ2v) is 5.45. The van der Waals surface area contributed by atoms with Crippen LogP contribution >= 0.6 is 0 Å². The van der Waals surface area contributed by atoms with Gasteiger partial charge in [0.1, 0.15) is 5.78 Å². The molecule has 0 amide bonds. The second kappa shape index (κ2) is 8.31. The van der Waals surface area contributed by atoms with Crippen molar-refractivity contribution in [1.29, 1.82) is 0 Å². The van der Waals surface area contributed by atoms with E-state index in [0.717, 1.165) is 32.1 Å². The lowest BCUT2D eigenvalue weighted by Crippen LogP contribution is -2.24. The van der Waals surface area contributed by atoms with E-state index >= 15 is 0 Å². The van der Waals surface area contributed by atoms with Gasteiger partial charge in [-0.1, -0.05) is 33.1 Å². The minimum atomic E-state index is -1.02. The number of Topliss-reactive ketones (excluding diaryl/α,β-unsaturated/α-hetero) is 1. The normalized spacial score (nSPS) is 24.5. The first-order valence-electron chi connectivity index (χ1n) is 7.48. The Labute approximate surface area is 115 Å². The van der Waals surface area contributed by atoms with Gasteiger partial charge < -0.3 is 9.84 Å². The molecule has 110 valence electrons. The van der Waals surface area contributed by atoms with E-state index in [1.807, 2.05) is 6.92 Å². The summed E-state index contributed by atoms with van der Waals surface area (Å²) in [7, 11) is 0. The second-order valence-electron chi connectivity index (χ2n) is 5.45. The van der Waals surface area contributed by atoms with E-state index < -0.39 is 12.3 Å². The number of hydrogen-bond donors (Lipinski definition) is 1. The number of rotatable bonds is 8. The van der Waals surface area contributed by atoms with E-state index in [9.17, 15) is 14.7 Å². The average molecular weight is 270 g/mol. The Bertz CT molecular complexity index is 301. The lowest BCUT2D eigenvalue weighted by molar-refractivity contribution is -0.170. The maximum atomic E-state index is 11.8. The Morgan fingerprint density at radius 3 is 2.79 bits per heavy atom. The summed E-state index contributed by atoms with van der Waals surface area (Å²) in [6.07, 6.45) is 5.02. The van der Waals surface area contributed by atoms with Gasteiger partial charge in [-0.25, -0.2) is 0 Å². The molecule has 3 atom stereocenters. The zero-order valence-electron chi connectivity index (χ0n) is 12.1. The molecular weight excluding hydrogens is 244 g/mol. The molecule has 4 heteroatoms. The van der Waals surface area contributed by atoms with Crippen LogP contribution in [0.4, 0.5) is 0 Å². The molecule has 19 heavy (non-hydrogen) atoms. The number of ketones is 1. The van der Waals surface area contributed by atoms with Gasteiger partial charge in [0.05, 0.1) is 6.42 Å². The molecule has 1 rings (SSSR count). The maximum absolute atomic E-state index is 11.8. The van der Waals surface area contributed by atoms with Gasteiger partial charge in [-0.05, 0) is 18.8 Å². The predicted octanol–water partition coefficient (Wildman–Crippen LogP) is 2.82. The largest absolute Gasteiger partial charge is 0.436 e. The molecule has 1 aliphatic rings. The van der Waals surface area contributed by atoms with Crippen molar-refractivity contribution in [1.82, 2.24) is 0 Å². The van der Waals surface area contributed by atoms with Crippen LogP contribution in [-0.2, 0) is 14.3 Å². The van der Waals surface area contributed by atoms with Crippen molar-refractivity contribution in [3.8, 4) is 0 Å². The Morgan fingerprint density at radius 1 is 1.42 bits per heavy atom. The fourth-order valence-corrected chi connectivity index (χ4v) is 2.75. The number of esters is 1. The smallest absolute Gasteiger partial charge is 0.308 e. The van der Waals surface area contributed by atoms with Crippen LogP contribution in [0.2, 0.25) is 0 Å². The summed E-state index contributed by atoms with van der Waals surface area (Å²) in [6, 6.07) is 0. The van der Waals surface area contributed by atoms with E-state index in [0.29, 0.717) is 18.8 Å². The summed E-state index contributed by atoms with van der Waals surface area (Å²) in [4.78, 5) is 23.5. The molecule has 1 fully saturated rings. The van der Waals surface area contributed by atoms with Crippen LogP contribution in [0.1, 0.15) is 65.2 Å². The summed E-state index contributed by atoms with van der Waals surface area (Å²) < 4.78 is 4.92. The van der Waals surface area contributed by atoms with Crippen LogP contribution < -0.4 is 0 Å². The van der Waals surface area contributed by atoms with Gasteiger partial charge in [-0.2, -0.15) is 0 Å². The first-order chi connectivity index (χ1) is 9.08. The molecule has 1 aliphatic carbocycles. The van der Waals surface area contributed by atoms with Crippen LogP contribution in [0.3, 0.4) is 0 Å². The number of aliphatic hydroxyl groups excluding tert-OH is 1. The molecular formula is C15H26O4. The molecule has 0 heterocycles. The van der Waals surface area contributed by atoms with Gasteiger partial charge in [0, 0.05) is 18.8 Å². The van der Waals surface area contributed by atoms with Gasteiger partial charge in [-0.15, -0.1) is 0 Å². The minimum Gasteiger partial charge on any atom is -0.436 e. The van der Waals surface area contributed by atoms with Crippen LogP contribution in [0.25, 0.3) is 0 Å². The van der Waals surface area contributed by atoms with Crippen molar-refractivity contribution in [2.24, 2.45) is 11.8 Å². The third kappa shape index (κ3) is 5.31. The van der Waals surface area contributed by atoms with E-state index in [1.54, 1.807) is 0 Å². The molecule has 0 aliphatic heterocycles. The summed E-state index contributed by atoms with van der Waals surface area (Å²) in [6.45, 7) is 4.04. The Hall–Kier alpha value is -0.900. The predicted molar refractivity (Wildman–Crippen MR) is 72.4 cm³/mol. The van der Waals surface area contributed by atoms with Crippen molar-refractivity contribution in [2.45, 2.75) is 71.5 Å². The van der Waals surface area contributed by atoms with E-state index in [2.05, 4.69) is 6.92 Å². The van der Waals surface area contributed by atoms with Gasteiger partial charge in [-0.3, -0.25) is 9.59 Å². The molecule has 1 saturated carbocycles. The third-order valence-corrected chi connectivity index (χ3v) is 3.86. The quantitative estimate of drug-likeness (QED) is 0.544. The van der Waals surface area contributed by atoms with Crippen LogP contribution in [-0.4, -0.2) is 23.1 Å². The van der Waals surface area contributed by atoms with Gasteiger partial charge >= 0.3 is 5.97 Å². The highest BCUT2D eigenvalue weighted by molar-refractivity contribution is 5.87. The lowest BCUT2D eigenvalue weighted by atomic mass is 9.88. The third-order valence-electron chi connectivity index (χ3n) is 3.86. The Kier molecular flexibility index (Phi) is 7.06. The standard InChI is InChI=1S/C15H26O4/c1-3-5-7-11-8-9-13(16)12(11)10-15(18)19-14(17)6-4-2/h11-12,14,17H,3-10H2,1-2H3. The van der Waals surface area contributed by atoms with Gasteiger partial charge in [0.25, 0.3) is 0 Å². The maximum Gasteiger partial charge on any atom is 0.308 e. The topological polar surface area (TPSA) is 63.6 Å². The first kappa shape index (κ1) is 16.2. The monoisotopic (exact) mass is 270 g/mol. The summed E-state index contributed by atoms with van der Waals surface area (Å²) in [5.74, 6) is -0.123. The molecule has 0 aromatic carbocycles. The lowest BCUT2D eigenvalue weighted by Gasteiger charge is -2.18. The summed E-state index contributed by atoms with van der Waals surface area (Å²) >= 11 is 0. The minimum absolute atomic E-state index is 0.133. The number of hydrogen-bond acceptors (Lipinski definition) is 4. The highest BCUT2D eigenvalue weighted by atomic mass is 16.6. The first-order valence-corrected chi connectivity index (χ1v) is 7.48. The van der Waals surface area contributed by atoms with Crippen LogP contribution in [0.5, 0.6) is 0 Å². The Balaban J connectivity index is 2.43. The molecule has 0 aromatic rings. The zero-order valence-corrected chi connectivity index (χ0v) is 12.1. The fourth-order valence-electron chi connectivity index (χ4n) is 2.75. The number of carbonyl (C=O) groups excluding carboxylic acids is 2. The molecule has 0 radical (unpaired) electrons. The number of ether oxygens (including phenoxy) is 1. The zero-order chi connectivity index (χ0) is 14.3. The molecule has 0 bridgehead atoms. The summed E-state index contributed by atoms with van der Waals surface area (Å²) in [5.41, 5.74) is 0. The molecule has 4 nitrogen and oxygen atoms in total. The highest BCUT2D eigenvalue weighted by Crippen LogP contribution is 2.35. The molecule has 3 unspecified atom stereocenters. The van der Waals surface area contributed by atoms with Crippen molar-refractivity contribution >= 4 is 11.8 Å². The van der Waals surface area contributed by atoms with E-state index in [4.69, 9.17) is 4.74 Å². The van der Waals surface area contributed by atoms with Crippen molar-refractivity contribution < 1.29 is 19.4 Å². The van der Waals surface area contributed by atoms with Crippen LogP contribution in [0.15, 0.2) is 0 Å². The molecule has 1 N–H and O–H groups in total. The van der Waals surface area contributed by atoms with E-state index in [-0.39, 0.29) is 18.1 Å². The average Bonchev–Trinajstić information content (AvgIpc) is 2.68. The van der Waals surface area contributed by atoms with Gasteiger partial charge in [0.15, 0.2) is 0 Å².